The van der Waals surface area contributed by atoms with Gasteiger partial charge < -0.3 is 21.0 Å². The molecule has 0 aliphatic heterocycles. The second-order valence-electron chi connectivity index (χ2n) is 5.53. The Hall–Kier alpha value is -1.75. The van der Waals surface area contributed by atoms with Crippen molar-refractivity contribution in [2.24, 2.45) is 16.3 Å². The molecule has 20 heavy (non-hydrogen) atoms. The fourth-order valence-corrected chi connectivity index (χ4v) is 1.74. The summed E-state index contributed by atoms with van der Waals surface area (Å²) in [4.78, 5) is 0. The van der Waals surface area contributed by atoms with Crippen molar-refractivity contribution >= 4 is 5.84 Å². The van der Waals surface area contributed by atoms with E-state index >= 15 is 0 Å². The summed E-state index contributed by atoms with van der Waals surface area (Å²) >= 11 is 0. The van der Waals surface area contributed by atoms with E-state index in [2.05, 4.69) is 10.5 Å². The van der Waals surface area contributed by atoms with Gasteiger partial charge in [-0.15, -0.1) is 0 Å². The van der Waals surface area contributed by atoms with Crippen LogP contribution >= 0.6 is 0 Å². The van der Waals surface area contributed by atoms with Crippen LogP contribution in [0.3, 0.4) is 0 Å². The second kappa shape index (κ2) is 7.75. The molecule has 1 aromatic carbocycles. The minimum Gasteiger partial charge on any atom is -0.492 e. The van der Waals surface area contributed by atoms with E-state index in [1.807, 2.05) is 45.0 Å². The third kappa shape index (κ3) is 5.48. The molecule has 0 spiro atoms. The zero-order chi connectivity index (χ0) is 15.0. The Bertz CT molecular complexity index is 444. The maximum atomic E-state index is 8.68. The number of hydrogen-bond acceptors (Lipinski definition) is 4. The van der Waals surface area contributed by atoms with Gasteiger partial charge >= 0.3 is 0 Å². The van der Waals surface area contributed by atoms with E-state index in [1.165, 1.54) is 5.56 Å². The zero-order valence-electron chi connectivity index (χ0n) is 12.5. The Morgan fingerprint density at radius 1 is 1.40 bits per heavy atom. The van der Waals surface area contributed by atoms with Gasteiger partial charge in [-0.2, -0.15) is 0 Å². The van der Waals surface area contributed by atoms with Crippen LogP contribution in [-0.4, -0.2) is 30.7 Å². The van der Waals surface area contributed by atoms with Gasteiger partial charge in [0.1, 0.15) is 18.2 Å². The predicted molar refractivity (Wildman–Crippen MR) is 81.4 cm³/mol. The monoisotopic (exact) mass is 279 g/mol. The number of oxime groups is 1. The largest absolute Gasteiger partial charge is 0.492 e. The minimum absolute atomic E-state index is 0.260. The first-order chi connectivity index (χ1) is 9.45. The Balaban J connectivity index is 2.17. The van der Waals surface area contributed by atoms with Gasteiger partial charge in [0.05, 0.1) is 0 Å². The van der Waals surface area contributed by atoms with Gasteiger partial charge in [-0.25, -0.2) is 0 Å². The van der Waals surface area contributed by atoms with Crippen molar-refractivity contribution in [3.63, 3.8) is 0 Å². The van der Waals surface area contributed by atoms with Crippen molar-refractivity contribution in [3.05, 3.63) is 29.8 Å². The fourth-order valence-electron chi connectivity index (χ4n) is 1.74. The first-order valence-corrected chi connectivity index (χ1v) is 6.84. The average molecular weight is 279 g/mol. The molecule has 0 saturated heterocycles. The SMILES string of the molecule is Cc1cccc(OCCNCCC(C)(C)C(N)=NO)c1. The minimum atomic E-state index is -0.306. The molecule has 0 atom stereocenters. The van der Waals surface area contributed by atoms with E-state index < -0.39 is 0 Å². The summed E-state index contributed by atoms with van der Waals surface area (Å²) < 4.78 is 5.64. The first-order valence-electron chi connectivity index (χ1n) is 6.84. The molecule has 0 aromatic heterocycles. The maximum Gasteiger partial charge on any atom is 0.144 e. The molecule has 0 aliphatic carbocycles. The lowest BCUT2D eigenvalue weighted by Crippen LogP contribution is -2.35. The van der Waals surface area contributed by atoms with Crippen LogP contribution in [0.5, 0.6) is 5.75 Å². The number of rotatable bonds is 8. The molecule has 0 unspecified atom stereocenters. The lowest BCUT2D eigenvalue weighted by atomic mass is 9.88. The van der Waals surface area contributed by atoms with Crippen LogP contribution in [0, 0.1) is 12.3 Å². The Labute approximate surface area is 120 Å². The summed E-state index contributed by atoms with van der Waals surface area (Å²) in [7, 11) is 0. The smallest absolute Gasteiger partial charge is 0.144 e. The highest BCUT2D eigenvalue weighted by Gasteiger charge is 2.22. The average Bonchev–Trinajstić information content (AvgIpc) is 2.41. The van der Waals surface area contributed by atoms with Crippen molar-refractivity contribution in [3.8, 4) is 5.75 Å². The number of amidine groups is 1. The molecule has 5 heteroatoms. The van der Waals surface area contributed by atoms with E-state index in [4.69, 9.17) is 15.7 Å². The fraction of sp³-hybridized carbons (Fsp3) is 0.533. The molecule has 1 aromatic rings. The van der Waals surface area contributed by atoms with Gasteiger partial charge in [0.2, 0.25) is 0 Å². The number of nitrogens with one attached hydrogen (secondary N) is 1. The van der Waals surface area contributed by atoms with Crippen molar-refractivity contribution in [2.45, 2.75) is 27.2 Å². The van der Waals surface area contributed by atoms with E-state index in [0.717, 1.165) is 25.3 Å². The van der Waals surface area contributed by atoms with Gasteiger partial charge in [0, 0.05) is 12.0 Å². The third-order valence-electron chi connectivity index (χ3n) is 3.27. The predicted octanol–water partition coefficient (Wildman–Crippen LogP) is 2.13. The summed E-state index contributed by atoms with van der Waals surface area (Å²) in [5, 5.41) is 15.0. The summed E-state index contributed by atoms with van der Waals surface area (Å²) in [5.74, 6) is 1.15. The number of hydrogen-bond donors (Lipinski definition) is 3. The molecule has 5 nitrogen and oxygen atoms in total. The molecule has 0 aliphatic rings. The van der Waals surface area contributed by atoms with Crippen molar-refractivity contribution in [1.29, 1.82) is 0 Å². The van der Waals surface area contributed by atoms with Gasteiger partial charge in [-0.05, 0) is 37.6 Å². The summed E-state index contributed by atoms with van der Waals surface area (Å²) in [6.45, 7) is 8.12. The summed E-state index contributed by atoms with van der Waals surface area (Å²) in [6, 6.07) is 7.99. The standard InChI is InChI=1S/C15H25N3O2/c1-12-5-4-6-13(11-12)20-10-9-17-8-7-15(2,3)14(16)18-19/h4-6,11,17,19H,7-10H2,1-3H3,(H2,16,18). The maximum absolute atomic E-state index is 8.68. The van der Waals surface area contributed by atoms with E-state index in [9.17, 15) is 0 Å². The normalized spacial score (nSPS) is 12.4. The topological polar surface area (TPSA) is 79.9 Å². The Morgan fingerprint density at radius 3 is 2.80 bits per heavy atom. The van der Waals surface area contributed by atoms with Crippen LogP contribution in [0.1, 0.15) is 25.8 Å². The van der Waals surface area contributed by atoms with Crippen molar-refractivity contribution < 1.29 is 9.94 Å². The highest BCUT2D eigenvalue weighted by atomic mass is 16.5. The molecule has 1 rings (SSSR count). The zero-order valence-corrected chi connectivity index (χ0v) is 12.5. The third-order valence-corrected chi connectivity index (χ3v) is 3.27. The van der Waals surface area contributed by atoms with Crippen LogP contribution in [0.2, 0.25) is 0 Å². The molecule has 0 heterocycles. The van der Waals surface area contributed by atoms with Gasteiger partial charge in [-0.1, -0.05) is 31.1 Å². The molecular weight excluding hydrogens is 254 g/mol. The van der Waals surface area contributed by atoms with Crippen molar-refractivity contribution in [1.82, 2.24) is 5.32 Å². The highest BCUT2D eigenvalue weighted by molar-refractivity contribution is 5.85. The first kappa shape index (κ1) is 16.3. The molecule has 0 bridgehead atoms. The number of nitrogens with zero attached hydrogens (tertiary/aromatic N) is 1. The van der Waals surface area contributed by atoms with Gasteiger partial charge in [0.25, 0.3) is 0 Å². The molecule has 0 saturated carbocycles. The lowest BCUT2D eigenvalue weighted by molar-refractivity contribution is 0.299. The number of aryl methyl sites for hydroxylation is 1. The molecule has 4 N–H and O–H groups in total. The van der Waals surface area contributed by atoms with Crippen LogP contribution in [0.4, 0.5) is 0 Å². The Kier molecular flexibility index (Phi) is 6.31. The summed E-state index contributed by atoms with van der Waals surface area (Å²) in [6.07, 6.45) is 0.799. The molecule has 0 amide bonds. The van der Waals surface area contributed by atoms with Crippen LogP contribution in [-0.2, 0) is 0 Å². The van der Waals surface area contributed by atoms with Gasteiger partial charge in [0.15, 0.2) is 0 Å². The second-order valence-corrected chi connectivity index (χ2v) is 5.53. The van der Waals surface area contributed by atoms with Crippen LogP contribution in [0.25, 0.3) is 0 Å². The van der Waals surface area contributed by atoms with Crippen LogP contribution < -0.4 is 15.8 Å². The molecule has 0 radical (unpaired) electrons. The molecule has 112 valence electrons. The Morgan fingerprint density at radius 2 is 2.15 bits per heavy atom. The number of benzene rings is 1. The van der Waals surface area contributed by atoms with E-state index in [1.54, 1.807) is 0 Å². The highest BCUT2D eigenvalue weighted by Crippen LogP contribution is 2.19. The summed E-state index contributed by atoms with van der Waals surface area (Å²) in [5.41, 5.74) is 6.51. The van der Waals surface area contributed by atoms with E-state index in [0.29, 0.717) is 6.61 Å². The van der Waals surface area contributed by atoms with E-state index in [-0.39, 0.29) is 11.3 Å². The van der Waals surface area contributed by atoms with Crippen LogP contribution in [0.15, 0.2) is 29.4 Å². The van der Waals surface area contributed by atoms with Crippen molar-refractivity contribution in [2.75, 3.05) is 19.7 Å². The quantitative estimate of drug-likeness (QED) is 0.224. The van der Waals surface area contributed by atoms with Gasteiger partial charge in [-0.3, -0.25) is 0 Å². The number of ether oxygens (including phenoxy) is 1. The lowest BCUT2D eigenvalue weighted by Gasteiger charge is -2.22. The molecular formula is C15H25N3O2. The number of nitrogens with two attached hydrogens (primary N) is 1. The molecule has 0 fully saturated rings.